The lowest BCUT2D eigenvalue weighted by molar-refractivity contribution is -0.127. The molecule has 0 saturated heterocycles. The number of carbonyl (C=O) groups excluding carboxylic acids is 1. The molecule has 0 heterocycles. The highest BCUT2D eigenvalue weighted by atomic mass is 32.2. The highest BCUT2D eigenvalue weighted by Gasteiger charge is 2.18. The van der Waals surface area contributed by atoms with Crippen LogP contribution in [0.25, 0.3) is 0 Å². The summed E-state index contributed by atoms with van der Waals surface area (Å²) in [7, 11) is 0. The summed E-state index contributed by atoms with van der Waals surface area (Å²) in [6, 6.07) is 0.164. The predicted octanol–water partition coefficient (Wildman–Crippen LogP) is 2.28. The molecule has 0 radical (unpaired) electrons. The van der Waals surface area contributed by atoms with Gasteiger partial charge in [0.1, 0.15) is 4.32 Å². The van der Waals surface area contributed by atoms with E-state index in [2.05, 4.69) is 0 Å². The van der Waals surface area contributed by atoms with Gasteiger partial charge >= 0.3 is 0 Å². The Kier molecular flexibility index (Phi) is 5.50. The Hall–Kier alpha value is -0.0900. The molecule has 0 spiro atoms. The standard InChI is InChI=1S/C8H15NOS2/c1-5-7(10)9(6(2)3)8(11)12-4/h6H,5H2,1-4H3. The molecule has 0 aliphatic carbocycles. The van der Waals surface area contributed by atoms with E-state index in [-0.39, 0.29) is 11.9 Å². The van der Waals surface area contributed by atoms with Crippen molar-refractivity contribution < 1.29 is 4.79 Å². The fraction of sp³-hybridized carbons (Fsp3) is 0.750. The summed E-state index contributed by atoms with van der Waals surface area (Å²) in [5.41, 5.74) is 0. The zero-order valence-corrected chi connectivity index (χ0v) is 9.59. The second-order valence-electron chi connectivity index (χ2n) is 2.68. The minimum atomic E-state index is 0.101. The topological polar surface area (TPSA) is 20.3 Å². The summed E-state index contributed by atoms with van der Waals surface area (Å²) in [5.74, 6) is 0.101. The molecule has 0 unspecified atom stereocenters. The zero-order chi connectivity index (χ0) is 9.72. The predicted molar refractivity (Wildman–Crippen MR) is 58.4 cm³/mol. The van der Waals surface area contributed by atoms with Crippen LogP contribution >= 0.6 is 24.0 Å². The molecule has 0 aromatic heterocycles. The SMILES string of the molecule is CCC(=O)N(C(=S)SC)C(C)C. The third-order valence-electron chi connectivity index (χ3n) is 1.46. The van der Waals surface area contributed by atoms with Gasteiger partial charge in [-0.25, -0.2) is 0 Å². The third-order valence-corrected chi connectivity index (χ3v) is 2.70. The van der Waals surface area contributed by atoms with E-state index in [9.17, 15) is 4.79 Å². The minimum absolute atomic E-state index is 0.101. The lowest BCUT2D eigenvalue weighted by atomic mass is 10.3. The van der Waals surface area contributed by atoms with E-state index in [1.54, 1.807) is 4.90 Å². The molecule has 70 valence electrons. The normalized spacial score (nSPS) is 10.1. The summed E-state index contributed by atoms with van der Waals surface area (Å²) in [5, 5.41) is 0. The molecule has 0 atom stereocenters. The molecule has 12 heavy (non-hydrogen) atoms. The van der Waals surface area contributed by atoms with Crippen LogP contribution in [0.15, 0.2) is 0 Å². The fourth-order valence-electron chi connectivity index (χ4n) is 0.869. The van der Waals surface area contributed by atoms with E-state index >= 15 is 0 Å². The minimum Gasteiger partial charge on any atom is -0.295 e. The smallest absolute Gasteiger partial charge is 0.227 e. The molecular weight excluding hydrogens is 190 g/mol. The van der Waals surface area contributed by atoms with Crippen LogP contribution in [0, 0.1) is 0 Å². The first-order valence-electron chi connectivity index (χ1n) is 3.94. The molecule has 4 heteroatoms. The van der Waals surface area contributed by atoms with E-state index in [0.29, 0.717) is 10.7 Å². The number of rotatable bonds is 2. The van der Waals surface area contributed by atoms with Gasteiger partial charge in [0, 0.05) is 12.5 Å². The Bertz CT molecular complexity index is 164. The van der Waals surface area contributed by atoms with Crippen LogP contribution in [0.5, 0.6) is 0 Å². The van der Waals surface area contributed by atoms with Crippen LogP contribution in [0.3, 0.4) is 0 Å². The van der Waals surface area contributed by atoms with Crippen molar-refractivity contribution in [3.63, 3.8) is 0 Å². The van der Waals surface area contributed by atoms with Gasteiger partial charge < -0.3 is 0 Å². The second-order valence-corrected chi connectivity index (χ2v) is 4.12. The molecule has 0 aliphatic heterocycles. The quantitative estimate of drug-likeness (QED) is 0.645. The van der Waals surface area contributed by atoms with Crippen LogP contribution < -0.4 is 0 Å². The number of hydrogen-bond acceptors (Lipinski definition) is 3. The molecule has 2 nitrogen and oxygen atoms in total. The first kappa shape index (κ1) is 11.9. The Labute approximate surface area is 83.7 Å². The lowest BCUT2D eigenvalue weighted by Gasteiger charge is -2.25. The average molecular weight is 205 g/mol. The number of thioether (sulfide) groups is 1. The van der Waals surface area contributed by atoms with Crippen molar-refractivity contribution >= 4 is 34.2 Å². The van der Waals surface area contributed by atoms with E-state index in [1.165, 1.54) is 11.8 Å². The molecule has 0 aliphatic rings. The van der Waals surface area contributed by atoms with Crippen molar-refractivity contribution in [2.45, 2.75) is 33.2 Å². The maximum atomic E-state index is 11.4. The molecule has 0 aromatic carbocycles. The molecule has 0 saturated carbocycles. The van der Waals surface area contributed by atoms with Gasteiger partial charge in [0.2, 0.25) is 5.91 Å². The van der Waals surface area contributed by atoms with Gasteiger partial charge in [-0.2, -0.15) is 0 Å². The number of hydrogen-bond donors (Lipinski definition) is 0. The number of nitrogens with zero attached hydrogens (tertiary/aromatic N) is 1. The van der Waals surface area contributed by atoms with Gasteiger partial charge in [0.15, 0.2) is 0 Å². The van der Waals surface area contributed by atoms with Gasteiger partial charge in [0.25, 0.3) is 0 Å². The van der Waals surface area contributed by atoms with Gasteiger partial charge in [-0.15, -0.1) is 0 Å². The molecular formula is C8H15NOS2. The summed E-state index contributed by atoms with van der Waals surface area (Å²) in [6.07, 6.45) is 2.40. The Morgan fingerprint density at radius 3 is 2.33 bits per heavy atom. The van der Waals surface area contributed by atoms with Gasteiger partial charge in [-0.3, -0.25) is 9.69 Å². The van der Waals surface area contributed by atoms with E-state index in [0.717, 1.165) is 0 Å². The monoisotopic (exact) mass is 205 g/mol. The first-order chi connectivity index (χ1) is 5.54. The Morgan fingerprint density at radius 1 is 1.58 bits per heavy atom. The van der Waals surface area contributed by atoms with Gasteiger partial charge in [-0.1, -0.05) is 30.9 Å². The summed E-state index contributed by atoms with van der Waals surface area (Å²) in [6.45, 7) is 5.78. The van der Waals surface area contributed by atoms with Crippen LogP contribution in [0.2, 0.25) is 0 Å². The molecule has 1 amide bonds. The largest absolute Gasteiger partial charge is 0.295 e. The second kappa shape index (κ2) is 5.54. The maximum absolute atomic E-state index is 11.4. The first-order valence-corrected chi connectivity index (χ1v) is 5.57. The summed E-state index contributed by atoms with van der Waals surface area (Å²) >= 11 is 6.50. The van der Waals surface area contributed by atoms with Crippen molar-refractivity contribution in [3.05, 3.63) is 0 Å². The van der Waals surface area contributed by atoms with Crippen molar-refractivity contribution in [2.24, 2.45) is 0 Å². The number of amides is 1. The Balaban J connectivity index is 4.43. The van der Waals surface area contributed by atoms with Crippen molar-refractivity contribution in [3.8, 4) is 0 Å². The van der Waals surface area contributed by atoms with Crippen molar-refractivity contribution in [1.29, 1.82) is 0 Å². The molecule has 0 bridgehead atoms. The average Bonchev–Trinajstić information content (AvgIpc) is 2.03. The van der Waals surface area contributed by atoms with Crippen LogP contribution in [-0.4, -0.2) is 27.4 Å². The van der Waals surface area contributed by atoms with Crippen LogP contribution in [0.4, 0.5) is 0 Å². The molecule has 0 fully saturated rings. The van der Waals surface area contributed by atoms with E-state index in [4.69, 9.17) is 12.2 Å². The van der Waals surface area contributed by atoms with Crippen LogP contribution in [-0.2, 0) is 4.79 Å². The maximum Gasteiger partial charge on any atom is 0.227 e. The van der Waals surface area contributed by atoms with Crippen molar-refractivity contribution in [2.75, 3.05) is 6.26 Å². The number of carbonyl (C=O) groups is 1. The lowest BCUT2D eigenvalue weighted by Crippen LogP contribution is -2.39. The summed E-state index contributed by atoms with van der Waals surface area (Å²) in [4.78, 5) is 13.0. The van der Waals surface area contributed by atoms with Crippen molar-refractivity contribution in [1.82, 2.24) is 4.90 Å². The van der Waals surface area contributed by atoms with E-state index in [1.807, 2.05) is 27.0 Å². The zero-order valence-electron chi connectivity index (χ0n) is 7.96. The third kappa shape index (κ3) is 3.11. The highest BCUT2D eigenvalue weighted by molar-refractivity contribution is 8.22. The molecule has 0 rings (SSSR count). The fourth-order valence-corrected chi connectivity index (χ4v) is 1.69. The van der Waals surface area contributed by atoms with E-state index < -0.39 is 0 Å². The summed E-state index contributed by atoms with van der Waals surface area (Å²) < 4.78 is 0.664. The van der Waals surface area contributed by atoms with Crippen LogP contribution in [0.1, 0.15) is 27.2 Å². The Morgan fingerprint density at radius 2 is 2.08 bits per heavy atom. The van der Waals surface area contributed by atoms with Gasteiger partial charge in [-0.05, 0) is 20.1 Å². The molecule has 0 aromatic rings. The number of thiocarbonyl (C=S) groups is 1. The highest BCUT2D eigenvalue weighted by Crippen LogP contribution is 2.11. The molecule has 0 N–H and O–H groups in total. The van der Waals surface area contributed by atoms with Gasteiger partial charge in [0.05, 0.1) is 0 Å².